The molecule has 1 aromatic heterocycles. The summed E-state index contributed by atoms with van der Waals surface area (Å²) in [5, 5.41) is 0. The summed E-state index contributed by atoms with van der Waals surface area (Å²) in [6.07, 6.45) is 11.6. The number of piperidine rings is 1. The van der Waals surface area contributed by atoms with E-state index in [0.717, 1.165) is 35.3 Å². The average Bonchev–Trinajstić information content (AvgIpc) is 3.23. The summed E-state index contributed by atoms with van der Waals surface area (Å²) >= 11 is 0. The molecule has 25 heavy (non-hydrogen) atoms. The molecule has 2 fully saturated rings. The summed E-state index contributed by atoms with van der Waals surface area (Å²) in [6, 6.07) is 8.96. The molecule has 0 radical (unpaired) electrons. The Kier molecular flexibility index (Phi) is 4.97. The van der Waals surface area contributed by atoms with E-state index in [2.05, 4.69) is 22.0 Å². The number of rotatable bonds is 4. The summed E-state index contributed by atoms with van der Waals surface area (Å²) in [4.78, 5) is 12.2. The van der Waals surface area contributed by atoms with E-state index < -0.39 is 0 Å². The Balaban J connectivity index is 1.61. The third-order valence-electron chi connectivity index (χ3n) is 5.75. The lowest BCUT2D eigenvalue weighted by atomic mass is 9.90. The van der Waals surface area contributed by atoms with Crippen molar-refractivity contribution in [3.8, 4) is 17.0 Å². The Labute approximate surface area is 150 Å². The molecule has 1 atom stereocenters. The van der Waals surface area contributed by atoms with Crippen molar-refractivity contribution in [2.45, 2.75) is 50.5 Å². The maximum Gasteiger partial charge on any atom is 0.119 e. The first kappa shape index (κ1) is 16.5. The van der Waals surface area contributed by atoms with Gasteiger partial charge in [-0.25, -0.2) is 0 Å². The highest BCUT2D eigenvalue weighted by molar-refractivity contribution is 5.64. The van der Waals surface area contributed by atoms with Crippen LogP contribution in [-0.2, 0) is 0 Å². The number of ether oxygens (including phenoxy) is 1. The molecule has 2 aromatic rings. The van der Waals surface area contributed by atoms with Gasteiger partial charge in [-0.2, -0.15) is 0 Å². The topological polar surface area (TPSA) is 38.3 Å². The van der Waals surface area contributed by atoms with Gasteiger partial charge in [-0.15, -0.1) is 0 Å². The second-order valence-corrected chi connectivity index (χ2v) is 7.29. The smallest absolute Gasteiger partial charge is 0.119 e. The fourth-order valence-electron chi connectivity index (χ4n) is 4.47. The molecule has 4 heteroatoms. The van der Waals surface area contributed by atoms with Crippen LogP contribution < -0.4 is 4.74 Å². The first-order valence-electron chi connectivity index (χ1n) is 9.54. The monoisotopic (exact) mass is 337 g/mol. The van der Waals surface area contributed by atoms with E-state index in [0.29, 0.717) is 5.92 Å². The Morgan fingerprint density at radius 3 is 2.72 bits per heavy atom. The normalized spacial score (nSPS) is 22.2. The molecule has 0 spiro atoms. The average molecular weight is 337 g/mol. The molecule has 0 unspecified atom stereocenters. The van der Waals surface area contributed by atoms with Gasteiger partial charge in [-0.3, -0.25) is 14.9 Å². The van der Waals surface area contributed by atoms with Crippen LogP contribution in [0.4, 0.5) is 0 Å². The fourth-order valence-corrected chi connectivity index (χ4v) is 4.47. The van der Waals surface area contributed by atoms with E-state index in [1.165, 1.54) is 45.1 Å². The Hall–Kier alpha value is -1.94. The van der Waals surface area contributed by atoms with Crippen LogP contribution in [0, 0.1) is 0 Å². The molecule has 1 aliphatic carbocycles. The van der Waals surface area contributed by atoms with E-state index in [4.69, 9.17) is 9.72 Å². The molecular weight excluding hydrogens is 310 g/mol. The minimum atomic E-state index is 0.476. The van der Waals surface area contributed by atoms with Crippen LogP contribution in [0.25, 0.3) is 11.3 Å². The number of methoxy groups -OCH3 is 1. The molecular formula is C21H27N3O. The molecule has 0 N–H and O–H groups in total. The Bertz CT molecular complexity index is 712. The lowest BCUT2D eigenvalue weighted by molar-refractivity contribution is 0.149. The molecule has 4 nitrogen and oxygen atoms in total. The van der Waals surface area contributed by atoms with Crippen molar-refractivity contribution >= 4 is 0 Å². The molecule has 132 valence electrons. The summed E-state index contributed by atoms with van der Waals surface area (Å²) in [5.74, 6) is 1.34. The minimum Gasteiger partial charge on any atom is -0.497 e. The second-order valence-electron chi connectivity index (χ2n) is 7.29. The van der Waals surface area contributed by atoms with Crippen molar-refractivity contribution in [1.82, 2.24) is 14.9 Å². The SMILES string of the molecule is COc1cccc(-c2nccnc2[C@H]2CCCN(C3CCCC3)C2)c1. The molecule has 2 aliphatic rings. The maximum atomic E-state index is 5.39. The molecule has 0 bridgehead atoms. The number of likely N-dealkylation sites (tertiary alicyclic amines) is 1. The van der Waals surface area contributed by atoms with Crippen LogP contribution in [0.1, 0.15) is 50.1 Å². The number of hydrogen-bond donors (Lipinski definition) is 0. The van der Waals surface area contributed by atoms with E-state index in [-0.39, 0.29) is 0 Å². The summed E-state index contributed by atoms with van der Waals surface area (Å²) in [6.45, 7) is 2.37. The first-order chi connectivity index (χ1) is 12.3. The molecule has 1 aromatic carbocycles. The van der Waals surface area contributed by atoms with E-state index >= 15 is 0 Å². The standard InChI is InChI=1S/C21H27N3O/c1-25-19-10-4-6-16(14-19)20-21(23-12-11-22-20)17-7-5-13-24(15-17)18-8-2-3-9-18/h4,6,10-12,14,17-18H,2-3,5,7-9,13,15H2,1H3/t17-/m0/s1. The van der Waals surface area contributed by atoms with E-state index in [1.54, 1.807) is 13.3 Å². The summed E-state index contributed by atoms with van der Waals surface area (Å²) in [5.41, 5.74) is 3.26. The van der Waals surface area contributed by atoms with Crippen LogP contribution in [-0.4, -0.2) is 41.1 Å². The largest absolute Gasteiger partial charge is 0.497 e. The van der Waals surface area contributed by atoms with Gasteiger partial charge < -0.3 is 4.74 Å². The van der Waals surface area contributed by atoms with Crippen molar-refractivity contribution < 1.29 is 4.74 Å². The lowest BCUT2D eigenvalue weighted by Crippen LogP contribution is -2.41. The third-order valence-corrected chi connectivity index (χ3v) is 5.75. The zero-order valence-corrected chi connectivity index (χ0v) is 15.0. The van der Waals surface area contributed by atoms with Crippen molar-refractivity contribution in [1.29, 1.82) is 0 Å². The zero-order valence-electron chi connectivity index (χ0n) is 15.0. The summed E-state index contributed by atoms with van der Waals surface area (Å²) < 4.78 is 5.39. The molecule has 0 amide bonds. The number of hydrogen-bond acceptors (Lipinski definition) is 4. The number of aromatic nitrogens is 2. The first-order valence-corrected chi connectivity index (χ1v) is 9.54. The van der Waals surface area contributed by atoms with Gasteiger partial charge in [0.05, 0.1) is 18.5 Å². The van der Waals surface area contributed by atoms with Gasteiger partial charge in [0, 0.05) is 36.5 Å². The van der Waals surface area contributed by atoms with E-state index in [1.807, 2.05) is 18.3 Å². The van der Waals surface area contributed by atoms with Gasteiger partial charge in [0.1, 0.15) is 5.75 Å². The van der Waals surface area contributed by atoms with Crippen LogP contribution in [0.2, 0.25) is 0 Å². The van der Waals surface area contributed by atoms with Crippen LogP contribution in [0.5, 0.6) is 5.75 Å². The quantitative estimate of drug-likeness (QED) is 0.835. The summed E-state index contributed by atoms with van der Waals surface area (Å²) in [7, 11) is 1.71. The third kappa shape index (κ3) is 3.54. The van der Waals surface area contributed by atoms with Crippen LogP contribution in [0.3, 0.4) is 0 Å². The van der Waals surface area contributed by atoms with Crippen LogP contribution >= 0.6 is 0 Å². The van der Waals surface area contributed by atoms with Crippen LogP contribution in [0.15, 0.2) is 36.7 Å². The minimum absolute atomic E-state index is 0.476. The van der Waals surface area contributed by atoms with Gasteiger partial charge in [0.15, 0.2) is 0 Å². The van der Waals surface area contributed by atoms with Gasteiger partial charge in [-0.05, 0) is 44.4 Å². The van der Waals surface area contributed by atoms with E-state index in [9.17, 15) is 0 Å². The highest BCUT2D eigenvalue weighted by atomic mass is 16.5. The lowest BCUT2D eigenvalue weighted by Gasteiger charge is -2.37. The van der Waals surface area contributed by atoms with Gasteiger partial charge in [0.25, 0.3) is 0 Å². The maximum absolute atomic E-state index is 5.39. The molecule has 2 heterocycles. The zero-order chi connectivity index (χ0) is 17.1. The Morgan fingerprint density at radius 2 is 1.88 bits per heavy atom. The molecule has 1 saturated heterocycles. The highest BCUT2D eigenvalue weighted by Crippen LogP contribution is 2.35. The molecule has 1 saturated carbocycles. The van der Waals surface area contributed by atoms with Crippen molar-refractivity contribution in [3.05, 3.63) is 42.4 Å². The number of benzene rings is 1. The van der Waals surface area contributed by atoms with Gasteiger partial charge in [-0.1, -0.05) is 25.0 Å². The van der Waals surface area contributed by atoms with Crippen molar-refractivity contribution in [3.63, 3.8) is 0 Å². The predicted molar refractivity (Wildman–Crippen MR) is 99.8 cm³/mol. The predicted octanol–water partition coefficient (Wildman–Crippen LogP) is 4.27. The van der Waals surface area contributed by atoms with Crippen molar-refractivity contribution in [2.75, 3.05) is 20.2 Å². The van der Waals surface area contributed by atoms with Gasteiger partial charge >= 0.3 is 0 Å². The molecule has 4 rings (SSSR count). The number of nitrogens with zero attached hydrogens (tertiary/aromatic N) is 3. The molecule has 1 aliphatic heterocycles. The van der Waals surface area contributed by atoms with Gasteiger partial charge in [0.2, 0.25) is 0 Å². The Morgan fingerprint density at radius 1 is 1.04 bits per heavy atom. The second kappa shape index (κ2) is 7.52. The van der Waals surface area contributed by atoms with Crippen molar-refractivity contribution in [2.24, 2.45) is 0 Å². The fraction of sp³-hybridized carbons (Fsp3) is 0.524. The highest BCUT2D eigenvalue weighted by Gasteiger charge is 2.30.